The molecule has 8 heteroatoms. The largest absolute Gasteiger partial charge is 0.388 e. The quantitative estimate of drug-likeness (QED) is 0.445. The van der Waals surface area contributed by atoms with Crippen LogP contribution in [0.3, 0.4) is 0 Å². The summed E-state index contributed by atoms with van der Waals surface area (Å²) in [6.07, 6.45) is -4.77. The molecule has 1 aliphatic rings. The van der Waals surface area contributed by atoms with Crippen LogP contribution in [0, 0.1) is 17.0 Å². The van der Waals surface area contributed by atoms with Crippen molar-refractivity contribution < 1.29 is 25.0 Å². The summed E-state index contributed by atoms with van der Waals surface area (Å²) >= 11 is 0. The van der Waals surface area contributed by atoms with Crippen molar-refractivity contribution in [3.05, 3.63) is 33.9 Å². The van der Waals surface area contributed by atoms with E-state index in [0.717, 1.165) is 0 Å². The molecule has 1 aliphatic heterocycles. The molecule has 0 amide bonds. The fraction of sp³-hybridized carbons (Fsp3) is 0.500. The van der Waals surface area contributed by atoms with Crippen molar-refractivity contribution in [3.63, 3.8) is 0 Å². The predicted octanol–water partition coefficient (Wildman–Crippen LogP) is -0.246. The summed E-state index contributed by atoms with van der Waals surface area (Å²) in [5.74, 6) is 0. The minimum Gasteiger partial charge on any atom is -0.388 e. The number of nitro groups is 1. The highest BCUT2D eigenvalue weighted by Gasteiger charge is 2.37. The van der Waals surface area contributed by atoms with E-state index in [0.29, 0.717) is 11.3 Å². The maximum absolute atomic E-state index is 10.8. The lowest BCUT2D eigenvalue weighted by Gasteiger charge is -2.35. The van der Waals surface area contributed by atoms with E-state index in [1.165, 1.54) is 6.07 Å². The van der Waals surface area contributed by atoms with E-state index in [2.05, 4.69) is 5.32 Å². The van der Waals surface area contributed by atoms with E-state index in [4.69, 9.17) is 4.74 Å². The van der Waals surface area contributed by atoms with E-state index in [9.17, 15) is 25.4 Å². The number of hydrogen-bond acceptors (Lipinski definition) is 7. The van der Waals surface area contributed by atoms with Gasteiger partial charge < -0.3 is 25.4 Å². The minimum absolute atomic E-state index is 0.0547. The first kappa shape index (κ1) is 14.7. The molecule has 2 rings (SSSR count). The summed E-state index contributed by atoms with van der Waals surface area (Å²) in [5.41, 5.74) is 0.844. The number of nitro benzene ring substituents is 1. The van der Waals surface area contributed by atoms with E-state index in [1.807, 2.05) is 0 Å². The van der Waals surface area contributed by atoms with Gasteiger partial charge in [-0.1, -0.05) is 6.07 Å². The van der Waals surface area contributed by atoms with Gasteiger partial charge in [-0.2, -0.15) is 0 Å². The lowest BCUT2D eigenvalue weighted by molar-refractivity contribution is -0.385. The Morgan fingerprint density at radius 2 is 2.05 bits per heavy atom. The fourth-order valence-corrected chi connectivity index (χ4v) is 1.99. The standard InChI is InChI=1S/C12H16N2O6/c1-6-2-3-7(4-8(6)14(18)19)13-12-11(17)10(16)9(15)5-20-12/h2-4,9-13,15-17H,5H2,1H3/t9-,10+,11-,12+/m1/s1. The number of aliphatic hydroxyl groups excluding tert-OH is 3. The topological polar surface area (TPSA) is 125 Å². The second-order valence-corrected chi connectivity index (χ2v) is 4.71. The smallest absolute Gasteiger partial charge is 0.274 e. The van der Waals surface area contributed by atoms with Gasteiger partial charge in [0.15, 0.2) is 6.23 Å². The second kappa shape index (κ2) is 5.71. The van der Waals surface area contributed by atoms with Crippen LogP contribution in [0.1, 0.15) is 5.56 Å². The Morgan fingerprint density at radius 1 is 1.35 bits per heavy atom. The zero-order chi connectivity index (χ0) is 14.9. The van der Waals surface area contributed by atoms with Crippen LogP contribution in [-0.4, -0.2) is 51.4 Å². The summed E-state index contributed by atoms with van der Waals surface area (Å²) in [6.45, 7) is 1.48. The van der Waals surface area contributed by atoms with E-state index in [1.54, 1.807) is 19.1 Å². The van der Waals surface area contributed by atoms with Crippen molar-refractivity contribution in [1.82, 2.24) is 0 Å². The van der Waals surface area contributed by atoms with Gasteiger partial charge in [0.25, 0.3) is 5.69 Å². The van der Waals surface area contributed by atoms with Crippen molar-refractivity contribution in [2.24, 2.45) is 0 Å². The molecule has 0 radical (unpaired) electrons. The molecule has 0 saturated carbocycles. The lowest BCUT2D eigenvalue weighted by atomic mass is 10.0. The summed E-state index contributed by atoms with van der Waals surface area (Å²) in [5, 5.41) is 42.3. The number of benzene rings is 1. The van der Waals surface area contributed by atoms with Gasteiger partial charge in [0, 0.05) is 17.3 Å². The molecule has 8 nitrogen and oxygen atoms in total. The van der Waals surface area contributed by atoms with Gasteiger partial charge in [-0.15, -0.1) is 0 Å². The molecule has 0 aliphatic carbocycles. The van der Waals surface area contributed by atoms with Crippen molar-refractivity contribution in [2.45, 2.75) is 31.5 Å². The monoisotopic (exact) mass is 284 g/mol. The molecular weight excluding hydrogens is 268 g/mol. The molecule has 4 atom stereocenters. The highest BCUT2D eigenvalue weighted by Crippen LogP contribution is 2.24. The summed E-state index contributed by atoms with van der Waals surface area (Å²) in [6, 6.07) is 4.50. The summed E-state index contributed by atoms with van der Waals surface area (Å²) in [4.78, 5) is 10.3. The van der Waals surface area contributed by atoms with Gasteiger partial charge in [-0.25, -0.2) is 0 Å². The predicted molar refractivity (Wildman–Crippen MR) is 69.2 cm³/mol. The Hall–Kier alpha value is -1.74. The van der Waals surface area contributed by atoms with E-state index in [-0.39, 0.29) is 12.3 Å². The molecule has 0 aromatic heterocycles. The molecule has 0 bridgehead atoms. The molecular formula is C12H16N2O6. The number of anilines is 1. The average molecular weight is 284 g/mol. The van der Waals surface area contributed by atoms with Gasteiger partial charge in [0.2, 0.25) is 0 Å². The number of nitrogens with one attached hydrogen (secondary N) is 1. The molecule has 1 aromatic carbocycles. The van der Waals surface area contributed by atoms with Gasteiger partial charge in [-0.05, 0) is 13.0 Å². The second-order valence-electron chi connectivity index (χ2n) is 4.71. The summed E-state index contributed by atoms with van der Waals surface area (Å²) < 4.78 is 5.17. The van der Waals surface area contributed by atoms with E-state index < -0.39 is 29.5 Å². The van der Waals surface area contributed by atoms with Gasteiger partial charge in [0.1, 0.15) is 18.3 Å². The highest BCUT2D eigenvalue weighted by molar-refractivity contribution is 5.55. The number of aryl methyl sites for hydroxylation is 1. The van der Waals surface area contributed by atoms with Crippen LogP contribution in [-0.2, 0) is 4.74 Å². The maximum Gasteiger partial charge on any atom is 0.274 e. The normalized spacial score (nSPS) is 30.0. The first-order valence-corrected chi connectivity index (χ1v) is 6.07. The molecule has 20 heavy (non-hydrogen) atoms. The van der Waals surface area contributed by atoms with Gasteiger partial charge in [0.05, 0.1) is 11.5 Å². The lowest BCUT2D eigenvalue weighted by Crippen LogP contribution is -2.55. The number of aliphatic hydroxyl groups is 3. The van der Waals surface area contributed by atoms with Crippen molar-refractivity contribution >= 4 is 11.4 Å². The van der Waals surface area contributed by atoms with Crippen molar-refractivity contribution in [3.8, 4) is 0 Å². The van der Waals surface area contributed by atoms with Crippen molar-refractivity contribution in [1.29, 1.82) is 0 Å². The third kappa shape index (κ3) is 2.88. The number of ether oxygens (including phenoxy) is 1. The Balaban J connectivity index is 2.14. The molecule has 110 valence electrons. The molecule has 1 fully saturated rings. The average Bonchev–Trinajstić information content (AvgIpc) is 2.41. The first-order valence-electron chi connectivity index (χ1n) is 6.07. The Labute approximate surface area is 114 Å². The Bertz CT molecular complexity index is 509. The number of hydrogen-bond donors (Lipinski definition) is 4. The van der Waals surface area contributed by atoms with Crippen molar-refractivity contribution in [2.75, 3.05) is 11.9 Å². The zero-order valence-corrected chi connectivity index (χ0v) is 10.8. The fourth-order valence-electron chi connectivity index (χ4n) is 1.99. The van der Waals surface area contributed by atoms with Crippen LogP contribution in [0.5, 0.6) is 0 Å². The molecule has 1 aromatic rings. The van der Waals surface area contributed by atoms with Crippen LogP contribution in [0.2, 0.25) is 0 Å². The van der Waals surface area contributed by atoms with Crippen LogP contribution in [0.25, 0.3) is 0 Å². The van der Waals surface area contributed by atoms with Crippen LogP contribution in [0.15, 0.2) is 18.2 Å². The maximum atomic E-state index is 10.8. The molecule has 0 spiro atoms. The number of rotatable bonds is 3. The minimum atomic E-state index is -1.33. The van der Waals surface area contributed by atoms with Crippen LogP contribution in [0.4, 0.5) is 11.4 Å². The Morgan fingerprint density at radius 3 is 2.70 bits per heavy atom. The Kier molecular flexibility index (Phi) is 4.19. The highest BCUT2D eigenvalue weighted by atomic mass is 16.6. The third-order valence-corrected chi connectivity index (χ3v) is 3.22. The van der Waals surface area contributed by atoms with Gasteiger partial charge >= 0.3 is 0 Å². The van der Waals surface area contributed by atoms with Crippen LogP contribution < -0.4 is 5.32 Å². The molecule has 1 heterocycles. The zero-order valence-electron chi connectivity index (χ0n) is 10.8. The SMILES string of the molecule is Cc1ccc(N[C@H]2OC[C@@H](O)[C@H](O)[C@H]2O)cc1[N+](=O)[O-]. The third-order valence-electron chi connectivity index (χ3n) is 3.22. The molecule has 0 unspecified atom stereocenters. The molecule has 1 saturated heterocycles. The van der Waals surface area contributed by atoms with E-state index >= 15 is 0 Å². The van der Waals surface area contributed by atoms with Crippen LogP contribution >= 0.6 is 0 Å². The summed E-state index contributed by atoms with van der Waals surface area (Å²) in [7, 11) is 0. The number of nitrogens with zero attached hydrogens (tertiary/aromatic N) is 1. The van der Waals surface area contributed by atoms with Gasteiger partial charge in [-0.3, -0.25) is 10.1 Å². The first-order chi connectivity index (χ1) is 9.40. The molecule has 4 N–H and O–H groups in total.